The van der Waals surface area contributed by atoms with Gasteiger partial charge >= 0.3 is 0 Å². The number of para-hydroxylation sites is 1. The largest absolute Gasteiger partial charge is 0.369 e. The van der Waals surface area contributed by atoms with Crippen molar-refractivity contribution >= 4 is 49.9 Å². The van der Waals surface area contributed by atoms with Gasteiger partial charge in [0, 0.05) is 58.9 Å². The molecule has 9 heteroatoms. The van der Waals surface area contributed by atoms with Crippen molar-refractivity contribution in [1.82, 2.24) is 14.3 Å². The molecule has 0 radical (unpaired) electrons. The molecule has 2 N–H and O–H groups in total. The van der Waals surface area contributed by atoms with Gasteiger partial charge < -0.3 is 10.3 Å². The lowest BCUT2D eigenvalue weighted by molar-refractivity contribution is 0.445. The van der Waals surface area contributed by atoms with Crippen LogP contribution in [-0.4, -0.2) is 42.3 Å². The van der Waals surface area contributed by atoms with Crippen molar-refractivity contribution in [3.63, 3.8) is 0 Å². The van der Waals surface area contributed by atoms with E-state index in [0.29, 0.717) is 35.5 Å². The Bertz CT molecular complexity index is 1380. The van der Waals surface area contributed by atoms with Crippen LogP contribution >= 0.6 is 23.2 Å². The standard InChI is InChI=1S/C25H26Cl2N4O2S/c1-3-31(4-2)34(32,33)18-10-12-25(29-14-18)30-16-21(19-11-9-17(26)13-23(19)27)22-15-28-24-8-6-5-7-20(22)24/h5-15,21,28H,3-4,16H2,1-2H3,(H,29,30)/t21-/m1/s1. The maximum Gasteiger partial charge on any atom is 0.244 e. The number of sulfonamides is 1. The van der Waals surface area contributed by atoms with E-state index in [1.54, 1.807) is 18.2 Å². The maximum absolute atomic E-state index is 12.7. The smallest absolute Gasteiger partial charge is 0.244 e. The van der Waals surface area contributed by atoms with Gasteiger partial charge in [0.05, 0.1) is 0 Å². The fourth-order valence-electron chi connectivity index (χ4n) is 4.11. The molecule has 0 aliphatic heterocycles. The molecule has 34 heavy (non-hydrogen) atoms. The van der Waals surface area contributed by atoms with Crippen LogP contribution < -0.4 is 5.32 Å². The summed E-state index contributed by atoms with van der Waals surface area (Å²) >= 11 is 12.7. The molecule has 0 saturated carbocycles. The minimum Gasteiger partial charge on any atom is -0.369 e. The molecule has 178 valence electrons. The first kappa shape index (κ1) is 24.5. The van der Waals surface area contributed by atoms with Gasteiger partial charge in [-0.3, -0.25) is 0 Å². The summed E-state index contributed by atoms with van der Waals surface area (Å²) in [4.78, 5) is 7.87. The Hall–Kier alpha value is -2.58. The van der Waals surface area contributed by atoms with Gasteiger partial charge in [-0.2, -0.15) is 4.31 Å². The number of hydrogen-bond acceptors (Lipinski definition) is 4. The molecule has 2 heterocycles. The molecule has 4 rings (SSSR count). The highest BCUT2D eigenvalue weighted by atomic mass is 35.5. The van der Waals surface area contributed by atoms with E-state index in [1.807, 2.05) is 50.4 Å². The van der Waals surface area contributed by atoms with Gasteiger partial charge in [-0.25, -0.2) is 13.4 Å². The number of benzene rings is 2. The van der Waals surface area contributed by atoms with Crippen LogP contribution in [0.2, 0.25) is 10.0 Å². The van der Waals surface area contributed by atoms with Crippen molar-refractivity contribution < 1.29 is 8.42 Å². The number of anilines is 1. The van der Waals surface area contributed by atoms with Crippen LogP contribution in [0.5, 0.6) is 0 Å². The third-order valence-corrected chi connectivity index (χ3v) is 8.50. The first-order valence-electron chi connectivity index (χ1n) is 11.1. The van der Waals surface area contributed by atoms with Crippen molar-refractivity contribution in [1.29, 1.82) is 0 Å². The average molecular weight is 517 g/mol. The van der Waals surface area contributed by atoms with E-state index >= 15 is 0 Å². The van der Waals surface area contributed by atoms with Crippen LogP contribution in [0.3, 0.4) is 0 Å². The monoisotopic (exact) mass is 516 g/mol. The number of halogens is 2. The Morgan fingerprint density at radius 1 is 1.03 bits per heavy atom. The van der Waals surface area contributed by atoms with Crippen molar-refractivity contribution in [3.05, 3.63) is 88.2 Å². The van der Waals surface area contributed by atoms with Crippen molar-refractivity contribution in [2.45, 2.75) is 24.7 Å². The highest BCUT2D eigenvalue weighted by molar-refractivity contribution is 7.89. The van der Waals surface area contributed by atoms with Gasteiger partial charge in [0.25, 0.3) is 0 Å². The Balaban J connectivity index is 1.63. The molecule has 0 spiro atoms. The first-order chi connectivity index (χ1) is 16.3. The van der Waals surface area contributed by atoms with E-state index in [0.717, 1.165) is 22.0 Å². The molecule has 2 aromatic carbocycles. The second-order valence-corrected chi connectivity index (χ2v) is 10.6. The summed E-state index contributed by atoms with van der Waals surface area (Å²) in [7, 11) is -3.55. The molecule has 0 aliphatic rings. The summed E-state index contributed by atoms with van der Waals surface area (Å²) < 4.78 is 26.9. The summed E-state index contributed by atoms with van der Waals surface area (Å²) in [5.74, 6) is 0.482. The lowest BCUT2D eigenvalue weighted by atomic mass is 9.90. The van der Waals surface area contributed by atoms with Gasteiger partial charge in [0.1, 0.15) is 10.7 Å². The first-order valence-corrected chi connectivity index (χ1v) is 13.3. The second kappa shape index (κ2) is 10.4. The number of nitrogens with one attached hydrogen (secondary N) is 2. The van der Waals surface area contributed by atoms with E-state index in [4.69, 9.17) is 23.2 Å². The normalized spacial score (nSPS) is 12.9. The number of nitrogens with zero attached hydrogens (tertiary/aromatic N) is 2. The zero-order chi connectivity index (χ0) is 24.3. The van der Waals surface area contributed by atoms with Gasteiger partial charge in [0.15, 0.2) is 0 Å². The van der Waals surface area contributed by atoms with Crippen LogP contribution in [0, 0.1) is 0 Å². The summed E-state index contributed by atoms with van der Waals surface area (Å²) in [5.41, 5.74) is 3.06. The number of H-pyrrole nitrogens is 1. The number of aromatic amines is 1. The fourth-order valence-corrected chi connectivity index (χ4v) is 6.05. The van der Waals surface area contributed by atoms with Crippen LogP contribution in [0.4, 0.5) is 5.82 Å². The van der Waals surface area contributed by atoms with Crippen molar-refractivity contribution in [2.24, 2.45) is 0 Å². The molecular weight excluding hydrogens is 491 g/mol. The summed E-state index contributed by atoms with van der Waals surface area (Å²) in [6.45, 7) is 4.95. The molecule has 6 nitrogen and oxygen atoms in total. The predicted octanol–water partition coefficient (Wildman–Crippen LogP) is 6.14. The van der Waals surface area contributed by atoms with Crippen LogP contribution in [0.15, 0.2) is 71.9 Å². The van der Waals surface area contributed by atoms with E-state index in [1.165, 1.54) is 10.5 Å². The number of aromatic nitrogens is 2. The third-order valence-electron chi connectivity index (χ3n) is 5.90. The van der Waals surface area contributed by atoms with Gasteiger partial charge in [-0.05, 0) is 41.5 Å². The van der Waals surface area contributed by atoms with Crippen molar-refractivity contribution in [2.75, 3.05) is 25.0 Å². The number of hydrogen-bond donors (Lipinski definition) is 2. The molecule has 0 saturated heterocycles. The topological polar surface area (TPSA) is 78.1 Å². The Labute approximate surface area is 210 Å². The molecule has 2 aromatic heterocycles. The Kier molecular flexibility index (Phi) is 7.48. The van der Waals surface area contributed by atoms with E-state index in [2.05, 4.69) is 21.4 Å². The van der Waals surface area contributed by atoms with Gasteiger partial charge in [-0.1, -0.05) is 61.3 Å². The van der Waals surface area contributed by atoms with Crippen LogP contribution in [-0.2, 0) is 10.0 Å². The molecule has 0 aliphatic carbocycles. The zero-order valence-electron chi connectivity index (χ0n) is 18.9. The van der Waals surface area contributed by atoms with E-state index in [9.17, 15) is 8.42 Å². The number of fused-ring (bicyclic) bond motifs is 1. The van der Waals surface area contributed by atoms with Crippen molar-refractivity contribution in [3.8, 4) is 0 Å². The molecule has 0 bridgehead atoms. The lowest BCUT2D eigenvalue weighted by Crippen LogP contribution is -2.30. The maximum atomic E-state index is 12.7. The van der Waals surface area contributed by atoms with Gasteiger partial charge in [-0.15, -0.1) is 0 Å². The summed E-state index contributed by atoms with van der Waals surface area (Å²) in [6, 6.07) is 16.9. The lowest BCUT2D eigenvalue weighted by Gasteiger charge is -2.20. The molecule has 0 unspecified atom stereocenters. The minimum absolute atomic E-state index is 0.0956. The zero-order valence-corrected chi connectivity index (χ0v) is 21.3. The SMILES string of the molecule is CCN(CC)S(=O)(=O)c1ccc(NC[C@H](c2ccc(Cl)cc2Cl)c2c[nH]c3ccccc23)nc1. The number of pyridine rings is 1. The van der Waals surface area contributed by atoms with Crippen LogP contribution in [0.1, 0.15) is 30.9 Å². The summed E-state index contributed by atoms with van der Waals surface area (Å²) in [6.07, 6.45) is 3.39. The Morgan fingerprint density at radius 3 is 2.47 bits per heavy atom. The molecule has 0 fully saturated rings. The molecule has 1 atom stereocenters. The highest BCUT2D eigenvalue weighted by Crippen LogP contribution is 2.36. The molecular formula is C25H26Cl2N4O2S. The van der Waals surface area contributed by atoms with Crippen LogP contribution in [0.25, 0.3) is 10.9 Å². The third kappa shape index (κ3) is 4.93. The second-order valence-electron chi connectivity index (χ2n) is 7.86. The van der Waals surface area contributed by atoms with E-state index < -0.39 is 10.0 Å². The quantitative estimate of drug-likeness (QED) is 0.279. The predicted molar refractivity (Wildman–Crippen MR) is 139 cm³/mol. The minimum atomic E-state index is -3.55. The Morgan fingerprint density at radius 2 is 1.79 bits per heavy atom. The van der Waals surface area contributed by atoms with Gasteiger partial charge in [0.2, 0.25) is 10.0 Å². The molecule has 4 aromatic rings. The highest BCUT2D eigenvalue weighted by Gasteiger charge is 2.23. The number of rotatable bonds is 9. The average Bonchev–Trinajstić information content (AvgIpc) is 3.25. The van der Waals surface area contributed by atoms with E-state index in [-0.39, 0.29) is 10.8 Å². The summed E-state index contributed by atoms with van der Waals surface area (Å²) in [5, 5.41) is 5.61. The fraction of sp³-hybridized carbons (Fsp3) is 0.240. The molecule has 0 amide bonds.